The van der Waals surface area contributed by atoms with E-state index in [0.717, 1.165) is 44.8 Å². The predicted molar refractivity (Wildman–Crippen MR) is 137 cm³/mol. The molecule has 2 amide bonds. The number of carbonyl (C=O) groups excluding carboxylic acids is 3. The first kappa shape index (κ1) is 26.6. The molecule has 198 valence electrons. The van der Waals surface area contributed by atoms with Crippen LogP contribution >= 0.6 is 0 Å². The van der Waals surface area contributed by atoms with E-state index in [2.05, 4.69) is 22.0 Å². The molecule has 0 aromatic heterocycles. The quantitative estimate of drug-likeness (QED) is 0.608. The van der Waals surface area contributed by atoms with Crippen LogP contribution in [0.25, 0.3) is 0 Å². The van der Waals surface area contributed by atoms with Gasteiger partial charge in [0.25, 0.3) is 5.91 Å². The molecule has 0 saturated carbocycles. The van der Waals surface area contributed by atoms with E-state index in [1.165, 1.54) is 4.90 Å². The number of amides is 2. The van der Waals surface area contributed by atoms with Gasteiger partial charge >= 0.3 is 0 Å². The summed E-state index contributed by atoms with van der Waals surface area (Å²) < 4.78 is 11.1. The van der Waals surface area contributed by atoms with Crippen LogP contribution in [-0.4, -0.2) is 105 Å². The van der Waals surface area contributed by atoms with E-state index in [1.54, 1.807) is 7.11 Å². The second-order valence-electron chi connectivity index (χ2n) is 11.1. The van der Waals surface area contributed by atoms with Crippen LogP contribution in [0.2, 0.25) is 0 Å². The second kappa shape index (κ2) is 10.9. The molecular formula is C27H40N4O5. The monoisotopic (exact) mass is 500 g/mol. The summed E-state index contributed by atoms with van der Waals surface area (Å²) in [6.45, 7) is 13.3. The minimum absolute atomic E-state index is 0.0223. The lowest BCUT2D eigenvalue weighted by atomic mass is 9.85. The van der Waals surface area contributed by atoms with E-state index in [-0.39, 0.29) is 36.9 Å². The van der Waals surface area contributed by atoms with Crippen LogP contribution in [0.4, 0.5) is 5.69 Å². The molecule has 0 spiro atoms. The smallest absolute Gasteiger partial charge is 0.251 e. The SMILES string of the molecule is CCCN1CCN(c2ccc(C(=O)N[C@H](C(=O)N3C[C@@H](OC)[C@H]4OCC(=O)[C@H]43)C(C)(C)C)cc2)CC1. The van der Waals surface area contributed by atoms with Crippen molar-refractivity contribution in [3.63, 3.8) is 0 Å². The van der Waals surface area contributed by atoms with Gasteiger partial charge in [-0.25, -0.2) is 0 Å². The van der Waals surface area contributed by atoms with Crippen LogP contribution in [0, 0.1) is 5.41 Å². The van der Waals surface area contributed by atoms with Crippen molar-refractivity contribution in [2.45, 2.75) is 58.4 Å². The van der Waals surface area contributed by atoms with Crippen molar-refractivity contribution in [1.82, 2.24) is 15.1 Å². The summed E-state index contributed by atoms with van der Waals surface area (Å²) in [5.41, 5.74) is 1.04. The lowest BCUT2D eigenvalue weighted by Gasteiger charge is -2.36. The number of hydrogen-bond acceptors (Lipinski definition) is 7. The van der Waals surface area contributed by atoms with Crippen molar-refractivity contribution in [1.29, 1.82) is 0 Å². The van der Waals surface area contributed by atoms with Crippen molar-refractivity contribution in [2.24, 2.45) is 5.41 Å². The number of hydrogen-bond donors (Lipinski definition) is 1. The van der Waals surface area contributed by atoms with Crippen molar-refractivity contribution >= 4 is 23.3 Å². The third kappa shape index (κ3) is 5.43. The van der Waals surface area contributed by atoms with Crippen LogP contribution in [0.3, 0.4) is 0 Å². The van der Waals surface area contributed by atoms with Gasteiger partial charge in [-0.1, -0.05) is 27.7 Å². The van der Waals surface area contributed by atoms with Gasteiger partial charge in [-0.2, -0.15) is 0 Å². The maximum Gasteiger partial charge on any atom is 0.251 e. The molecule has 0 bridgehead atoms. The van der Waals surface area contributed by atoms with E-state index >= 15 is 0 Å². The highest BCUT2D eigenvalue weighted by Crippen LogP contribution is 2.32. The second-order valence-corrected chi connectivity index (χ2v) is 11.1. The van der Waals surface area contributed by atoms with Gasteiger partial charge in [0, 0.05) is 44.5 Å². The maximum absolute atomic E-state index is 13.7. The molecule has 0 radical (unpaired) electrons. The molecule has 3 aliphatic heterocycles. The first-order valence-electron chi connectivity index (χ1n) is 13.0. The predicted octanol–water partition coefficient (Wildman–Crippen LogP) is 1.56. The van der Waals surface area contributed by atoms with Crippen molar-refractivity contribution in [3.05, 3.63) is 29.8 Å². The lowest BCUT2D eigenvalue weighted by Crippen LogP contribution is -2.57. The zero-order valence-corrected chi connectivity index (χ0v) is 22.2. The van der Waals surface area contributed by atoms with Crippen LogP contribution < -0.4 is 10.2 Å². The minimum atomic E-state index is -0.805. The van der Waals surface area contributed by atoms with E-state index in [0.29, 0.717) is 5.56 Å². The van der Waals surface area contributed by atoms with Gasteiger partial charge in [-0.05, 0) is 42.6 Å². The Bertz CT molecular complexity index is 952. The molecule has 4 atom stereocenters. The zero-order valence-electron chi connectivity index (χ0n) is 22.2. The van der Waals surface area contributed by atoms with Gasteiger partial charge in [-0.15, -0.1) is 0 Å². The Morgan fingerprint density at radius 2 is 1.81 bits per heavy atom. The average Bonchev–Trinajstić information content (AvgIpc) is 3.42. The average molecular weight is 501 g/mol. The Morgan fingerprint density at radius 3 is 2.39 bits per heavy atom. The number of ketones is 1. The summed E-state index contributed by atoms with van der Waals surface area (Å²) in [5, 5.41) is 2.95. The number of ether oxygens (including phenoxy) is 2. The van der Waals surface area contributed by atoms with Crippen molar-refractivity contribution in [2.75, 3.05) is 57.9 Å². The zero-order chi connectivity index (χ0) is 26.0. The highest BCUT2D eigenvalue weighted by Gasteiger charge is 2.54. The fraction of sp³-hybridized carbons (Fsp3) is 0.667. The lowest BCUT2D eigenvalue weighted by molar-refractivity contribution is -0.140. The van der Waals surface area contributed by atoms with Gasteiger partial charge in [0.2, 0.25) is 5.91 Å². The van der Waals surface area contributed by atoms with Crippen LogP contribution in [0.15, 0.2) is 24.3 Å². The van der Waals surface area contributed by atoms with Crippen molar-refractivity contribution < 1.29 is 23.9 Å². The Hall–Kier alpha value is -2.49. The summed E-state index contributed by atoms with van der Waals surface area (Å²) in [5.74, 6) is -0.723. The molecule has 1 aromatic rings. The number of Topliss-reactive ketones (excluding diaryl/α,β-unsaturated/α-hetero) is 1. The van der Waals surface area contributed by atoms with E-state index in [4.69, 9.17) is 9.47 Å². The Kier molecular flexibility index (Phi) is 8.02. The number of carbonyl (C=O) groups is 3. The summed E-state index contributed by atoms with van der Waals surface area (Å²) in [7, 11) is 1.56. The molecule has 3 saturated heterocycles. The number of fused-ring (bicyclic) bond motifs is 1. The summed E-state index contributed by atoms with van der Waals surface area (Å²) >= 11 is 0. The molecule has 0 aliphatic carbocycles. The fourth-order valence-corrected chi connectivity index (χ4v) is 5.45. The number of rotatable bonds is 7. The number of anilines is 1. The molecule has 3 heterocycles. The topological polar surface area (TPSA) is 91.4 Å². The number of methoxy groups -OCH3 is 1. The molecule has 1 aromatic carbocycles. The Balaban J connectivity index is 1.44. The standard InChI is InChI=1S/C27H40N4O5/c1-6-11-29-12-14-30(15-13-29)19-9-7-18(8-10-19)25(33)28-24(27(2,3)4)26(34)31-16-21(35-5)23-22(31)20(32)17-36-23/h7-10,21-24H,6,11-17H2,1-5H3,(H,28,33)/t21-,22-,23-,24-/m1/s1. The van der Waals surface area contributed by atoms with E-state index in [9.17, 15) is 14.4 Å². The van der Waals surface area contributed by atoms with Crippen LogP contribution in [0.5, 0.6) is 0 Å². The van der Waals surface area contributed by atoms with Crippen molar-refractivity contribution in [3.8, 4) is 0 Å². The first-order chi connectivity index (χ1) is 17.1. The number of piperazine rings is 1. The molecular weight excluding hydrogens is 460 g/mol. The Morgan fingerprint density at radius 1 is 1.14 bits per heavy atom. The van der Waals surface area contributed by atoms with E-state index in [1.807, 2.05) is 45.0 Å². The first-order valence-corrected chi connectivity index (χ1v) is 13.0. The number of benzene rings is 1. The van der Waals surface area contributed by atoms with Gasteiger partial charge in [0.15, 0.2) is 5.78 Å². The minimum Gasteiger partial charge on any atom is -0.377 e. The molecule has 3 aliphatic rings. The largest absolute Gasteiger partial charge is 0.377 e. The molecule has 9 heteroatoms. The van der Waals surface area contributed by atoms with Gasteiger partial charge < -0.3 is 24.6 Å². The molecule has 4 rings (SSSR count). The highest BCUT2D eigenvalue weighted by atomic mass is 16.5. The Labute approximate surface area is 214 Å². The van der Waals surface area contributed by atoms with Crippen LogP contribution in [0.1, 0.15) is 44.5 Å². The van der Waals surface area contributed by atoms with Gasteiger partial charge in [0.1, 0.15) is 30.9 Å². The number of likely N-dealkylation sites (tertiary alicyclic amines) is 1. The molecule has 0 unspecified atom stereocenters. The molecule has 3 fully saturated rings. The summed E-state index contributed by atoms with van der Waals surface area (Å²) in [6, 6.07) is 6.10. The summed E-state index contributed by atoms with van der Waals surface area (Å²) in [4.78, 5) is 45.7. The van der Waals surface area contributed by atoms with Gasteiger partial charge in [-0.3, -0.25) is 19.3 Å². The fourth-order valence-electron chi connectivity index (χ4n) is 5.45. The van der Waals surface area contributed by atoms with Crippen LogP contribution in [-0.2, 0) is 19.1 Å². The number of nitrogens with zero attached hydrogens (tertiary/aromatic N) is 3. The maximum atomic E-state index is 13.7. The van der Waals surface area contributed by atoms with E-state index < -0.39 is 23.6 Å². The molecule has 1 N–H and O–H groups in total. The highest BCUT2D eigenvalue weighted by molar-refractivity contribution is 5.99. The summed E-state index contributed by atoms with van der Waals surface area (Å²) in [6.07, 6.45) is 0.343. The molecule has 9 nitrogen and oxygen atoms in total. The third-order valence-corrected chi connectivity index (χ3v) is 7.52. The molecule has 36 heavy (non-hydrogen) atoms. The normalized spacial score (nSPS) is 25.7. The van der Waals surface area contributed by atoms with Gasteiger partial charge in [0.05, 0.1) is 6.54 Å². The third-order valence-electron chi connectivity index (χ3n) is 7.52. The number of nitrogens with one attached hydrogen (secondary N) is 1.